The highest BCUT2D eigenvalue weighted by Gasteiger charge is 2.26. The zero-order chi connectivity index (χ0) is 26.1. The molecule has 1 amide bonds. The van der Waals surface area contributed by atoms with Crippen molar-refractivity contribution in [1.82, 2.24) is 29.6 Å². The summed E-state index contributed by atoms with van der Waals surface area (Å²) in [5.41, 5.74) is 6.06. The van der Waals surface area contributed by atoms with Crippen molar-refractivity contribution in [3.8, 4) is 5.82 Å². The molecule has 4 rings (SSSR count). The van der Waals surface area contributed by atoms with E-state index >= 15 is 0 Å². The maximum absolute atomic E-state index is 12.3. The number of nitrogens with two attached hydrogens (primary N) is 2. The van der Waals surface area contributed by atoms with E-state index in [9.17, 15) is 13.2 Å². The van der Waals surface area contributed by atoms with E-state index in [-0.39, 0.29) is 22.9 Å². The van der Waals surface area contributed by atoms with Gasteiger partial charge in [-0.2, -0.15) is 9.67 Å². The highest BCUT2D eigenvalue weighted by Crippen LogP contribution is 2.21. The minimum absolute atomic E-state index is 0.00787. The number of nitrogens with one attached hydrogen (secondary N) is 1. The van der Waals surface area contributed by atoms with Crippen molar-refractivity contribution in [1.29, 1.82) is 0 Å². The summed E-state index contributed by atoms with van der Waals surface area (Å²) in [4.78, 5) is 28.8. The molecule has 0 saturated carbocycles. The van der Waals surface area contributed by atoms with E-state index in [4.69, 9.17) is 15.6 Å². The lowest BCUT2D eigenvalue weighted by atomic mass is 10.2. The second kappa shape index (κ2) is 9.58. The summed E-state index contributed by atoms with van der Waals surface area (Å²) < 4.78 is 29.6. The number of nitrogen functional groups attached to an aromatic ring is 1. The number of sulfonamides is 1. The van der Waals surface area contributed by atoms with Crippen molar-refractivity contribution in [2.45, 2.75) is 31.3 Å². The third kappa shape index (κ3) is 5.98. The third-order valence-corrected chi connectivity index (χ3v) is 6.11. The lowest BCUT2D eigenvalue weighted by Crippen LogP contribution is -2.50. The molecule has 5 N–H and O–H groups in total. The number of amides is 1. The zero-order valence-corrected chi connectivity index (χ0v) is 20.9. The molecule has 1 aliphatic heterocycles. The number of hydrogen-bond donors (Lipinski definition) is 3. The Morgan fingerprint density at radius 1 is 1.06 bits per heavy atom. The predicted octanol–water partition coefficient (Wildman–Crippen LogP) is 1.09. The van der Waals surface area contributed by atoms with Crippen LogP contribution in [0.4, 0.5) is 28.2 Å². The number of ether oxygens (including phenoxy) is 1. The number of primary sulfonamides is 1. The van der Waals surface area contributed by atoms with E-state index < -0.39 is 15.6 Å². The van der Waals surface area contributed by atoms with Gasteiger partial charge in [0.25, 0.3) is 0 Å². The lowest BCUT2D eigenvalue weighted by molar-refractivity contribution is 0.0240. The van der Waals surface area contributed by atoms with Crippen LogP contribution in [0.5, 0.6) is 0 Å². The van der Waals surface area contributed by atoms with Crippen molar-refractivity contribution in [3.63, 3.8) is 0 Å². The van der Waals surface area contributed by atoms with Gasteiger partial charge in [-0.05, 0) is 45.0 Å². The van der Waals surface area contributed by atoms with Crippen molar-refractivity contribution in [2.75, 3.05) is 42.1 Å². The normalized spacial score (nSPS) is 14.6. The van der Waals surface area contributed by atoms with Crippen LogP contribution in [0, 0.1) is 0 Å². The first-order valence-corrected chi connectivity index (χ1v) is 12.6. The summed E-state index contributed by atoms with van der Waals surface area (Å²) in [5, 5.41) is 12.4. The van der Waals surface area contributed by atoms with Crippen LogP contribution in [0.15, 0.2) is 41.6 Å². The Balaban J connectivity index is 1.44. The Morgan fingerprint density at radius 2 is 1.69 bits per heavy atom. The van der Waals surface area contributed by atoms with Gasteiger partial charge in [-0.15, -0.1) is 5.10 Å². The molecule has 1 fully saturated rings. The largest absolute Gasteiger partial charge is 0.444 e. The van der Waals surface area contributed by atoms with E-state index in [2.05, 4.69) is 25.4 Å². The molecule has 14 nitrogen and oxygen atoms in total. The maximum Gasteiger partial charge on any atom is 0.410 e. The van der Waals surface area contributed by atoms with Gasteiger partial charge in [0.15, 0.2) is 5.82 Å². The van der Waals surface area contributed by atoms with Gasteiger partial charge in [-0.25, -0.2) is 28.3 Å². The standard InChI is InChI=1S/C21H28N10O4S/c1-21(2,3)35-20(32)30-10-8-29(9-11-30)16-12-17(25-13-24-16)31-18(22)27-19(28-31)26-14-4-6-15(7-5-14)36(23,33)34/h4-7,12-13H,8-11H2,1-3H3,(H2,23,33,34)(H3,22,26,27,28). The van der Waals surface area contributed by atoms with Crippen LogP contribution >= 0.6 is 0 Å². The molecule has 1 saturated heterocycles. The summed E-state index contributed by atoms with van der Waals surface area (Å²) in [5.74, 6) is 1.36. The van der Waals surface area contributed by atoms with E-state index in [1.54, 1.807) is 11.0 Å². The number of benzene rings is 1. The molecule has 0 aliphatic carbocycles. The number of rotatable bonds is 5. The molecule has 0 atom stereocenters. The number of anilines is 4. The van der Waals surface area contributed by atoms with Crippen LogP contribution in [0.3, 0.4) is 0 Å². The van der Waals surface area contributed by atoms with E-state index in [0.717, 1.165) is 0 Å². The molecule has 3 heterocycles. The summed E-state index contributed by atoms with van der Waals surface area (Å²) in [6.07, 6.45) is 1.07. The van der Waals surface area contributed by atoms with Crippen molar-refractivity contribution >= 4 is 39.5 Å². The van der Waals surface area contributed by atoms with Crippen molar-refractivity contribution < 1.29 is 17.9 Å². The number of aromatic nitrogens is 5. The molecule has 0 spiro atoms. The SMILES string of the molecule is CC(C)(C)OC(=O)N1CCN(c2cc(-n3nc(Nc4ccc(S(N)(=O)=O)cc4)nc3N)ncn2)CC1. The number of hydrogen-bond acceptors (Lipinski definition) is 11. The van der Waals surface area contributed by atoms with Crippen LogP contribution in [-0.4, -0.2) is 75.9 Å². The molecule has 1 aromatic carbocycles. The topological polar surface area (TPSA) is 187 Å². The Kier molecular flexibility index (Phi) is 6.69. The average molecular weight is 517 g/mol. The fourth-order valence-corrected chi connectivity index (χ4v) is 3.99. The minimum Gasteiger partial charge on any atom is -0.444 e. The molecular weight excluding hydrogens is 488 g/mol. The monoisotopic (exact) mass is 516 g/mol. The molecule has 192 valence electrons. The Bertz CT molecular complexity index is 1340. The van der Waals surface area contributed by atoms with Gasteiger partial charge in [0, 0.05) is 37.9 Å². The predicted molar refractivity (Wildman–Crippen MR) is 132 cm³/mol. The molecule has 0 bridgehead atoms. The van der Waals surface area contributed by atoms with E-state index in [1.807, 2.05) is 25.7 Å². The lowest BCUT2D eigenvalue weighted by Gasteiger charge is -2.36. The van der Waals surface area contributed by atoms with E-state index in [1.165, 1.54) is 35.3 Å². The second-order valence-electron chi connectivity index (χ2n) is 9.09. The van der Waals surface area contributed by atoms with Gasteiger partial charge in [0.2, 0.25) is 21.9 Å². The van der Waals surface area contributed by atoms with Crippen LogP contribution < -0.4 is 21.1 Å². The molecule has 36 heavy (non-hydrogen) atoms. The van der Waals surface area contributed by atoms with Crippen LogP contribution in [0.25, 0.3) is 5.82 Å². The molecule has 0 radical (unpaired) electrons. The van der Waals surface area contributed by atoms with Gasteiger partial charge >= 0.3 is 6.09 Å². The summed E-state index contributed by atoms with van der Waals surface area (Å²) in [6.45, 7) is 7.66. The van der Waals surface area contributed by atoms with Crippen LogP contribution in [0.1, 0.15) is 20.8 Å². The third-order valence-electron chi connectivity index (χ3n) is 5.18. The summed E-state index contributed by atoms with van der Waals surface area (Å²) in [6, 6.07) is 7.56. The molecule has 0 unspecified atom stereocenters. The maximum atomic E-state index is 12.3. The first kappa shape index (κ1) is 25.1. The number of nitrogens with zero attached hydrogens (tertiary/aromatic N) is 7. The van der Waals surface area contributed by atoms with E-state index in [0.29, 0.717) is 43.5 Å². The molecule has 15 heteroatoms. The summed E-state index contributed by atoms with van der Waals surface area (Å²) >= 11 is 0. The fraction of sp³-hybridized carbons (Fsp3) is 0.381. The molecule has 2 aromatic heterocycles. The molecule has 3 aromatic rings. The van der Waals surface area contributed by atoms with Gasteiger partial charge in [0.05, 0.1) is 4.90 Å². The Labute approximate surface area is 208 Å². The highest BCUT2D eigenvalue weighted by molar-refractivity contribution is 7.89. The average Bonchev–Trinajstić information content (AvgIpc) is 3.18. The van der Waals surface area contributed by atoms with Gasteiger partial charge < -0.3 is 25.6 Å². The quantitative estimate of drug-likeness (QED) is 0.440. The van der Waals surface area contributed by atoms with Crippen molar-refractivity contribution in [2.24, 2.45) is 5.14 Å². The zero-order valence-electron chi connectivity index (χ0n) is 20.1. The minimum atomic E-state index is -3.79. The summed E-state index contributed by atoms with van der Waals surface area (Å²) in [7, 11) is -3.79. The molecular formula is C21H28N10O4S. The van der Waals surface area contributed by atoms with Gasteiger partial charge in [0.1, 0.15) is 17.7 Å². The first-order chi connectivity index (χ1) is 16.9. The van der Waals surface area contributed by atoms with Crippen molar-refractivity contribution in [3.05, 3.63) is 36.7 Å². The second-order valence-corrected chi connectivity index (χ2v) is 10.7. The number of carbonyl (C=O) groups excluding carboxylic acids is 1. The van der Waals surface area contributed by atoms with Crippen LogP contribution in [-0.2, 0) is 14.8 Å². The number of piperazine rings is 1. The van der Waals surface area contributed by atoms with Crippen LogP contribution in [0.2, 0.25) is 0 Å². The first-order valence-electron chi connectivity index (χ1n) is 11.1. The smallest absolute Gasteiger partial charge is 0.410 e. The fourth-order valence-electron chi connectivity index (χ4n) is 3.47. The molecule has 1 aliphatic rings. The van der Waals surface area contributed by atoms with Gasteiger partial charge in [-0.3, -0.25) is 0 Å². The van der Waals surface area contributed by atoms with Gasteiger partial charge in [-0.1, -0.05) is 0 Å². The Morgan fingerprint density at radius 3 is 2.31 bits per heavy atom. The highest BCUT2D eigenvalue weighted by atomic mass is 32.2. The Hall–Kier alpha value is -3.98. The number of carbonyl (C=O) groups is 1.